The minimum atomic E-state index is -0.140. The molecule has 1 saturated heterocycles. The summed E-state index contributed by atoms with van der Waals surface area (Å²) in [6.45, 7) is 2.69. The summed E-state index contributed by atoms with van der Waals surface area (Å²) in [5.41, 5.74) is 6.07. The molecule has 29 heavy (non-hydrogen) atoms. The molecule has 1 aliphatic carbocycles. The summed E-state index contributed by atoms with van der Waals surface area (Å²) in [6.07, 6.45) is 4.80. The fourth-order valence-electron chi connectivity index (χ4n) is 4.10. The number of nitrogen functional groups attached to an aromatic ring is 1. The molecule has 3 rings (SSSR count). The maximum Gasteiger partial charge on any atom is 0.320 e. The lowest BCUT2D eigenvalue weighted by Crippen LogP contribution is -2.54. The van der Waals surface area contributed by atoms with Crippen molar-refractivity contribution in [1.29, 1.82) is 5.41 Å². The number of aromatic nitrogens is 1. The molecule has 2 amide bonds. The summed E-state index contributed by atoms with van der Waals surface area (Å²) in [4.78, 5) is 34.8. The van der Waals surface area contributed by atoms with E-state index in [-0.39, 0.29) is 29.8 Å². The van der Waals surface area contributed by atoms with Crippen molar-refractivity contribution in [3.8, 4) is 0 Å². The molecule has 0 unspecified atom stereocenters. The molecule has 2 aliphatic rings. The van der Waals surface area contributed by atoms with Gasteiger partial charge in [0.05, 0.1) is 13.0 Å². The summed E-state index contributed by atoms with van der Waals surface area (Å²) in [7, 11) is 3.29. The largest absolute Gasteiger partial charge is 0.469 e. The Kier molecular flexibility index (Phi) is 6.56. The third-order valence-electron chi connectivity index (χ3n) is 6.01. The van der Waals surface area contributed by atoms with Gasteiger partial charge in [0.15, 0.2) is 0 Å². The molecule has 1 aliphatic heterocycles. The van der Waals surface area contributed by atoms with E-state index in [1.54, 1.807) is 12.3 Å². The predicted molar refractivity (Wildman–Crippen MR) is 110 cm³/mol. The van der Waals surface area contributed by atoms with Gasteiger partial charge in [0.1, 0.15) is 11.7 Å². The summed E-state index contributed by atoms with van der Waals surface area (Å²) >= 11 is 0. The summed E-state index contributed by atoms with van der Waals surface area (Å²) in [6, 6.07) is 3.87. The first kappa shape index (κ1) is 20.9. The third kappa shape index (κ3) is 4.78. The average Bonchev–Trinajstić information content (AvgIpc) is 2.77. The van der Waals surface area contributed by atoms with Crippen LogP contribution in [0.15, 0.2) is 18.3 Å². The normalized spacial score (nSPS) is 22.1. The standard InChI is InChI=1S/C20H30N6O3/c1-24(16-6-3-14(4-7-16)19(27)29-2)20(28)26-11-9-25(10-12-26)17-8-5-15(13-23-17)18(21)22/h5,8,13-14,16H,3-4,6-7,9-12H2,1-2H3,(H3,21,22). The van der Waals surface area contributed by atoms with Crippen molar-refractivity contribution in [3.05, 3.63) is 23.9 Å². The molecule has 1 saturated carbocycles. The summed E-state index contributed by atoms with van der Waals surface area (Å²) < 4.78 is 4.84. The van der Waals surface area contributed by atoms with E-state index in [0.29, 0.717) is 31.7 Å². The van der Waals surface area contributed by atoms with E-state index in [0.717, 1.165) is 31.5 Å². The molecule has 9 heteroatoms. The monoisotopic (exact) mass is 402 g/mol. The van der Waals surface area contributed by atoms with Crippen LogP contribution in [0.4, 0.5) is 10.6 Å². The molecule has 9 nitrogen and oxygen atoms in total. The second kappa shape index (κ2) is 9.11. The van der Waals surface area contributed by atoms with Crippen LogP contribution in [-0.4, -0.2) is 79.0 Å². The quantitative estimate of drug-likeness (QED) is 0.445. The van der Waals surface area contributed by atoms with Crippen LogP contribution in [0.1, 0.15) is 31.2 Å². The number of nitrogens with one attached hydrogen (secondary N) is 1. The number of ether oxygens (including phenoxy) is 1. The Bertz CT molecular complexity index is 737. The Hall–Kier alpha value is -2.84. The first-order valence-corrected chi connectivity index (χ1v) is 10.1. The molecule has 1 aromatic rings. The third-order valence-corrected chi connectivity index (χ3v) is 6.01. The van der Waals surface area contributed by atoms with E-state index in [1.807, 2.05) is 22.9 Å². The minimum Gasteiger partial charge on any atom is -0.469 e. The number of urea groups is 1. The number of hydrogen-bond acceptors (Lipinski definition) is 6. The van der Waals surface area contributed by atoms with Gasteiger partial charge in [-0.05, 0) is 37.8 Å². The van der Waals surface area contributed by atoms with Gasteiger partial charge in [0.25, 0.3) is 0 Å². The van der Waals surface area contributed by atoms with Gasteiger partial charge in [-0.15, -0.1) is 0 Å². The van der Waals surface area contributed by atoms with Crippen LogP contribution in [0.25, 0.3) is 0 Å². The van der Waals surface area contributed by atoms with Crippen molar-refractivity contribution >= 4 is 23.7 Å². The van der Waals surface area contributed by atoms with Gasteiger partial charge in [0.2, 0.25) is 0 Å². The van der Waals surface area contributed by atoms with Crippen molar-refractivity contribution < 1.29 is 14.3 Å². The van der Waals surface area contributed by atoms with Gasteiger partial charge < -0.3 is 25.2 Å². The van der Waals surface area contributed by atoms with Gasteiger partial charge in [-0.3, -0.25) is 10.2 Å². The van der Waals surface area contributed by atoms with Crippen LogP contribution in [-0.2, 0) is 9.53 Å². The van der Waals surface area contributed by atoms with Crippen molar-refractivity contribution in [1.82, 2.24) is 14.8 Å². The Balaban J connectivity index is 1.49. The highest BCUT2D eigenvalue weighted by atomic mass is 16.5. The molecule has 1 aromatic heterocycles. The lowest BCUT2D eigenvalue weighted by molar-refractivity contribution is -0.146. The number of carbonyl (C=O) groups is 2. The molecule has 3 N–H and O–H groups in total. The highest BCUT2D eigenvalue weighted by Crippen LogP contribution is 2.28. The molecular formula is C20H30N6O3. The summed E-state index contributed by atoms with van der Waals surface area (Å²) in [5, 5.41) is 7.44. The lowest BCUT2D eigenvalue weighted by Gasteiger charge is -2.40. The SMILES string of the molecule is COC(=O)C1CCC(N(C)C(=O)N2CCN(c3ccc(C(=N)N)cn3)CC2)CC1. The highest BCUT2D eigenvalue weighted by Gasteiger charge is 2.32. The van der Waals surface area contributed by atoms with E-state index in [4.69, 9.17) is 15.9 Å². The minimum absolute atomic E-state index is 0.00289. The number of hydrogen-bond donors (Lipinski definition) is 2. The Labute approximate surface area is 171 Å². The molecule has 0 bridgehead atoms. The number of anilines is 1. The van der Waals surface area contributed by atoms with E-state index < -0.39 is 0 Å². The zero-order valence-corrected chi connectivity index (χ0v) is 17.1. The number of carbonyl (C=O) groups excluding carboxylic acids is 2. The lowest BCUT2D eigenvalue weighted by atomic mass is 9.85. The topological polar surface area (TPSA) is 116 Å². The second-order valence-corrected chi connectivity index (χ2v) is 7.71. The van der Waals surface area contributed by atoms with Crippen LogP contribution in [0.3, 0.4) is 0 Å². The first-order valence-electron chi connectivity index (χ1n) is 10.1. The van der Waals surface area contributed by atoms with Crippen LogP contribution in [0, 0.1) is 11.3 Å². The highest BCUT2D eigenvalue weighted by molar-refractivity contribution is 5.94. The maximum atomic E-state index is 12.9. The van der Waals surface area contributed by atoms with E-state index in [2.05, 4.69) is 9.88 Å². The second-order valence-electron chi connectivity index (χ2n) is 7.71. The molecule has 0 radical (unpaired) electrons. The number of methoxy groups -OCH3 is 1. The van der Waals surface area contributed by atoms with Gasteiger partial charge in [0, 0.05) is 51.0 Å². The number of amides is 2. The van der Waals surface area contributed by atoms with Crippen LogP contribution >= 0.6 is 0 Å². The van der Waals surface area contributed by atoms with Crippen LogP contribution in [0.5, 0.6) is 0 Å². The number of rotatable bonds is 4. The molecule has 158 valence electrons. The zero-order valence-electron chi connectivity index (χ0n) is 17.1. The molecule has 0 aromatic carbocycles. The Morgan fingerprint density at radius 2 is 1.83 bits per heavy atom. The Morgan fingerprint density at radius 3 is 2.34 bits per heavy atom. The smallest absolute Gasteiger partial charge is 0.320 e. The van der Waals surface area contributed by atoms with Gasteiger partial charge in [-0.1, -0.05) is 0 Å². The summed E-state index contributed by atoms with van der Waals surface area (Å²) in [5.74, 6) is 0.656. The number of esters is 1. The van der Waals surface area contributed by atoms with Crippen LogP contribution in [0.2, 0.25) is 0 Å². The zero-order chi connectivity index (χ0) is 21.0. The van der Waals surface area contributed by atoms with Crippen molar-refractivity contribution in [2.45, 2.75) is 31.7 Å². The number of nitrogens with zero attached hydrogens (tertiary/aromatic N) is 4. The van der Waals surface area contributed by atoms with Crippen molar-refractivity contribution in [3.63, 3.8) is 0 Å². The molecule has 0 spiro atoms. The maximum absolute atomic E-state index is 12.9. The van der Waals surface area contributed by atoms with Gasteiger partial charge in [-0.2, -0.15) is 0 Å². The van der Waals surface area contributed by atoms with Crippen molar-refractivity contribution in [2.75, 3.05) is 45.2 Å². The first-order chi connectivity index (χ1) is 13.9. The molecule has 0 atom stereocenters. The van der Waals surface area contributed by atoms with E-state index in [9.17, 15) is 9.59 Å². The fraction of sp³-hybridized carbons (Fsp3) is 0.600. The number of nitrogens with two attached hydrogens (primary N) is 1. The average molecular weight is 402 g/mol. The molecular weight excluding hydrogens is 372 g/mol. The molecule has 2 heterocycles. The van der Waals surface area contributed by atoms with E-state index in [1.165, 1.54) is 7.11 Å². The van der Waals surface area contributed by atoms with E-state index >= 15 is 0 Å². The number of amidine groups is 1. The number of piperazine rings is 1. The fourth-order valence-corrected chi connectivity index (χ4v) is 4.10. The number of pyridine rings is 1. The molecule has 2 fully saturated rings. The Morgan fingerprint density at radius 1 is 1.17 bits per heavy atom. The predicted octanol–water partition coefficient (Wildman–Crippen LogP) is 1.27. The van der Waals surface area contributed by atoms with Crippen molar-refractivity contribution in [2.24, 2.45) is 11.7 Å². The van der Waals surface area contributed by atoms with Gasteiger partial charge >= 0.3 is 12.0 Å². The van der Waals surface area contributed by atoms with Crippen LogP contribution < -0.4 is 10.6 Å². The van der Waals surface area contributed by atoms with Gasteiger partial charge in [-0.25, -0.2) is 9.78 Å².